The standard InChI is InChI=1S/C17H18F2/c1-11-9-13(5-7-15(11)18)17(3,4)14-6-8-16(19)12(2)10-14/h5-10H,1-4H3. The number of hydrogen-bond acceptors (Lipinski definition) is 0. The van der Waals surface area contributed by atoms with Gasteiger partial charge in [-0.25, -0.2) is 8.78 Å². The van der Waals surface area contributed by atoms with Crippen molar-refractivity contribution in [2.45, 2.75) is 33.1 Å². The van der Waals surface area contributed by atoms with Crippen LogP contribution in [0.4, 0.5) is 8.78 Å². The van der Waals surface area contributed by atoms with E-state index in [1.807, 2.05) is 12.1 Å². The Hall–Kier alpha value is -1.70. The van der Waals surface area contributed by atoms with E-state index in [0.29, 0.717) is 11.1 Å². The van der Waals surface area contributed by atoms with E-state index >= 15 is 0 Å². The largest absolute Gasteiger partial charge is 0.207 e. The molecule has 0 nitrogen and oxygen atoms in total. The number of halogens is 2. The summed E-state index contributed by atoms with van der Waals surface area (Å²) in [6.07, 6.45) is 0. The van der Waals surface area contributed by atoms with Gasteiger partial charge >= 0.3 is 0 Å². The SMILES string of the molecule is Cc1cc(C(C)(C)c2ccc(F)c(C)c2)ccc1F. The Morgan fingerprint density at radius 2 is 1.11 bits per heavy atom. The lowest BCUT2D eigenvalue weighted by atomic mass is 9.77. The normalized spacial score (nSPS) is 11.7. The molecule has 0 heterocycles. The van der Waals surface area contributed by atoms with Crippen molar-refractivity contribution in [3.63, 3.8) is 0 Å². The molecule has 0 fully saturated rings. The van der Waals surface area contributed by atoms with Crippen LogP contribution in [0, 0.1) is 25.5 Å². The van der Waals surface area contributed by atoms with Crippen LogP contribution < -0.4 is 0 Å². The Kier molecular flexibility index (Phi) is 3.44. The van der Waals surface area contributed by atoms with Crippen molar-refractivity contribution < 1.29 is 8.78 Å². The van der Waals surface area contributed by atoms with Gasteiger partial charge in [-0.1, -0.05) is 38.1 Å². The molecule has 0 spiro atoms. The summed E-state index contributed by atoms with van der Waals surface area (Å²) >= 11 is 0. The first kappa shape index (κ1) is 13.7. The molecule has 0 bridgehead atoms. The maximum atomic E-state index is 13.4. The van der Waals surface area contributed by atoms with Crippen molar-refractivity contribution in [2.75, 3.05) is 0 Å². The van der Waals surface area contributed by atoms with Gasteiger partial charge in [0, 0.05) is 5.41 Å². The van der Waals surface area contributed by atoms with E-state index in [9.17, 15) is 8.78 Å². The highest BCUT2D eigenvalue weighted by Crippen LogP contribution is 2.33. The third-order valence-electron chi connectivity index (χ3n) is 3.76. The first-order valence-electron chi connectivity index (χ1n) is 6.35. The number of aryl methyl sites for hydroxylation is 2. The molecule has 19 heavy (non-hydrogen) atoms. The highest BCUT2D eigenvalue weighted by atomic mass is 19.1. The molecule has 2 aromatic carbocycles. The van der Waals surface area contributed by atoms with Gasteiger partial charge in [0.15, 0.2) is 0 Å². The van der Waals surface area contributed by atoms with Crippen molar-refractivity contribution in [2.24, 2.45) is 0 Å². The topological polar surface area (TPSA) is 0 Å². The molecular formula is C17H18F2. The van der Waals surface area contributed by atoms with Crippen LogP contribution in [0.3, 0.4) is 0 Å². The smallest absolute Gasteiger partial charge is 0.126 e. The van der Waals surface area contributed by atoms with Crippen molar-refractivity contribution >= 4 is 0 Å². The van der Waals surface area contributed by atoms with Gasteiger partial charge in [0.1, 0.15) is 11.6 Å². The first-order chi connectivity index (χ1) is 8.82. The second-order valence-electron chi connectivity index (χ2n) is 5.55. The fraction of sp³-hybridized carbons (Fsp3) is 0.294. The Labute approximate surface area is 113 Å². The zero-order chi connectivity index (χ0) is 14.2. The molecule has 0 radical (unpaired) electrons. The average molecular weight is 260 g/mol. The monoisotopic (exact) mass is 260 g/mol. The van der Waals surface area contributed by atoms with Crippen LogP contribution in [0.1, 0.15) is 36.1 Å². The second kappa shape index (κ2) is 4.76. The number of rotatable bonds is 2. The summed E-state index contributed by atoms with van der Waals surface area (Å²) in [5.74, 6) is -0.398. The molecular weight excluding hydrogens is 242 g/mol. The third-order valence-corrected chi connectivity index (χ3v) is 3.76. The lowest BCUT2D eigenvalue weighted by Crippen LogP contribution is -2.19. The van der Waals surface area contributed by atoms with E-state index in [-0.39, 0.29) is 17.0 Å². The Balaban J connectivity index is 2.51. The molecule has 100 valence electrons. The molecule has 0 N–H and O–H groups in total. The Bertz CT molecular complexity index is 559. The minimum absolute atomic E-state index is 0.199. The quantitative estimate of drug-likeness (QED) is 0.720. The van der Waals surface area contributed by atoms with Crippen LogP contribution in [-0.2, 0) is 5.41 Å². The molecule has 0 amide bonds. The van der Waals surface area contributed by atoms with Crippen LogP contribution in [-0.4, -0.2) is 0 Å². The van der Waals surface area contributed by atoms with Gasteiger partial charge in [0.25, 0.3) is 0 Å². The average Bonchev–Trinajstić information content (AvgIpc) is 2.35. The van der Waals surface area contributed by atoms with Gasteiger partial charge in [-0.05, 0) is 48.2 Å². The van der Waals surface area contributed by atoms with E-state index in [1.165, 1.54) is 12.1 Å². The van der Waals surface area contributed by atoms with Gasteiger partial charge in [-0.2, -0.15) is 0 Å². The maximum Gasteiger partial charge on any atom is 0.126 e. The lowest BCUT2D eigenvalue weighted by Gasteiger charge is -2.27. The molecule has 0 aliphatic carbocycles. The minimum Gasteiger partial charge on any atom is -0.207 e. The summed E-state index contributed by atoms with van der Waals surface area (Å²) < 4.78 is 26.7. The van der Waals surface area contributed by atoms with Gasteiger partial charge in [0.2, 0.25) is 0 Å². The van der Waals surface area contributed by atoms with Crippen molar-refractivity contribution in [3.8, 4) is 0 Å². The van der Waals surface area contributed by atoms with Gasteiger partial charge < -0.3 is 0 Å². The fourth-order valence-electron chi connectivity index (χ4n) is 2.23. The summed E-state index contributed by atoms with van der Waals surface area (Å²) in [7, 11) is 0. The fourth-order valence-corrected chi connectivity index (χ4v) is 2.23. The van der Waals surface area contributed by atoms with Crippen molar-refractivity contribution in [1.82, 2.24) is 0 Å². The second-order valence-corrected chi connectivity index (χ2v) is 5.55. The van der Waals surface area contributed by atoms with Crippen LogP contribution in [0.2, 0.25) is 0 Å². The summed E-state index contributed by atoms with van der Waals surface area (Å²) in [5.41, 5.74) is 3.03. The van der Waals surface area contributed by atoms with E-state index < -0.39 is 0 Å². The van der Waals surface area contributed by atoms with E-state index in [0.717, 1.165) is 11.1 Å². The molecule has 0 aliphatic rings. The molecule has 0 unspecified atom stereocenters. The molecule has 0 saturated carbocycles. The zero-order valence-electron chi connectivity index (χ0n) is 11.7. The maximum absolute atomic E-state index is 13.4. The van der Waals surface area contributed by atoms with Crippen LogP contribution >= 0.6 is 0 Å². The van der Waals surface area contributed by atoms with Crippen LogP contribution in [0.15, 0.2) is 36.4 Å². The molecule has 0 aliphatic heterocycles. The van der Waals surface area contributed by atoms with Crippen molar-refractivity contribution in [3.05, 3.63) is 70.3 Å². The predicted octanol–water partition coefficient (Wildman–Crippen LogP) is 4.91. The molecule has 2 rings (SSSR count). The van der Waals surface area contributed by atoms with Gasteiger partial charge in [0.05, 0.1) is 0 Å². The summed E-state index contributed by atoms with van der Waals surface area (Å²) in [6.45, 7) is 7.63. The predicted molar refractivity (Wildman–Crippen MR) is 74.4 cm³/mol. The van der Waals surface area contributed by atoms with E-state index in [2.05, 4.69) is 13.8 Å². The number of benzene rings is 2. The Morgan fingerprint density at radius 1 is 0.737 bits per heavy atom. The molecule has 0 saturated heterocycles. The van der Waals surface area contributed by atoms with Crippen LogP contribution in [0.5, 0.6) is 0 Å². The summed E-state index contributed by atoms with van der Waals surface area (Å²) in [4.78, 5) is 0. The zero-order valence-corrected chi connectivity index (χ0v) is 11.7. The highest BCUT2D eigenvalue weighted by Gasteiger charge is 2.24. The summed E-state index contributed by atoms with van der Waals surface area (Å²) in [6, 6.07) is 10.3. The van der Waals surface area contributed by atoms with Crippen LogP contribution in [0.25, 0.3) is 0 Å². The third kappa shape index (κ3) is 2.53. The summed E-state index contributed by atoms with van der Waals surface area (Å²) in [5, 5.41) is 0. The molecule has 2 aromatic rings. The van der Waals surface area contributed by atoms with Crippen molar-refractivity contribution in [1.29, 1.82) is 0 Å². The first-order valence-corrected chi connectivity index (χ1v) is 6.35. The van der Waals surface area contributed by atoms with E-state index in [1.54, 1.807) is 26.0 Å². The highest BCUT2D eigenvalue weighted by molar-refractivity contribution is 5.41. The number of hydrogen-bond donors (Lipinski definition) is 0. The van der Waals surface area contributed by atoms with Gasteiger partial charge in [-0.15, -0.1) is 0 Å². The van der Waals surface area contributed by atoms with Gasteiger partial charge in [-0.3, -0.25) is 0 Å². The minimum atomic E-state index is -0.281. The Morgan fingerprint density at radius 3 is 1.42 bits per heavy atom. The lowest BCUT2D eigenvalue weighted by molar-refractivity contribution is 0.598. The molecule has 0 atom stereocenters. The van der Waals surface area contributed by atoms with E-state index in [4.69, 9.17) is 0 Å². The molecule has 2 heteroatoms. The molecule has 0 aromatic heterocycles.